The van der Waals surface area contributed by atoms with Crippen molar-refractivity contribution in [3.63, 3.8) is 0 Å². The molecule has 0 radical (unpaired) electrons. The van der Waals surface area contributed by atoms with E-state index < -0.39 is 10.0 Å². The largest absolute Gasteiger partial charge is 0.349 e. The lowest BCUT2D eigenvalue weighted by molar-refractivity contribution is 0.0916. The fourth-order valence-corrected chi connectivity index (χ4v) is 3.56. The van der Waals surface area contributed by atoms with Gasteiger partial charge in [0.05, 0.1) is 11.0 Å². The van der Waals surface area contributed by atoms with Gasteiger partial charge in [-0.25, -0.2) is 13.1 Å². The highest BCUT2D eigenvalue weighted by Gasteiger charge is 2.20. The second-order valence-electron chi connectivity index (χ2n) is 5.88. The van der Waals surface area contributed by atoms with Crippen molar-refractivity contribution in [2.45, 2.75) is 30.2 Å². The third kappa shape index (κ3) is 5.03. The average Bonchev–Trinajstić information content (AvgIpc) is 2.57. The zero-order chi connectivity index (χ0) is 17.6. The van der Waals surface area contributed by atoms with E-state index in [9.17, 15) is 13.2 Å². The van der Waals surface area contributed by atoms with E-state index in [1.807, 2.05) is 6.07 Å². The van der Waals surface area contributed by atoms with Crippen molar-refractivity contribution < 1.29 is 13.2 Å². The molecule has 0 unspecified atom stereocenters. The summed E-state index contributed by atoms with van der Waals surface area (Å²) in [4.78, 5) is 14.5. The van der Waals surface area contributed by atoms with Crippen LogP contribution in [0.1, 0.15) is 29.6 Å². The van der Waals surface area contributed by atoms with Gasteiger partial charge >= 0.3 is 0 Å². The van der Waals surface area contributed by atoms with E-state index >= 15 is 0 Å². The van der Waals surface area contributed by atoms with Crippen LogP contribution in [0.3, 0.4) is 0 Å². The Morgan fingerprint density at radius 2 is 1.92 bits per heavy atom. The maximum atomic E-state index is 12.2. The minimum absolute atomic E-state index is 0.0667. The molecule has 1 fully saturated rings. The highest BCUT2D eigenvalue weighted by atomic mass is 32.2. The first kappa shape index (κ1) is 18.4. The number of amides is 1. The van der Waals surface area contributed by atoms with Crippen molar-refractivity contribution in [2.75, 3.05) is 26.7 Å². The molecule has 0 aliphatic carbocycles. The number of carbonyl (C=O) groups excluding carboxylic acids is 1. The zero-order valence-electron chi connectivity index (χ0n) is 13.7. The Labute approximate surface area is 142 Å². The molecule has 0 atom stereocenters. The van der Waals surface area contributed by atoms with Crippen LogP contribution in [0.5, 0.6) is 0 Å². The van der Waals surface area contributed by atoms with E-state index in [0.29, 0.717) is 5.56 Å². The van der Waals surface area contributed by atoms with Crippen molar-refractivity contribution in [3.05, 3.63) is 29.8 Å². The summed E-state index contributed by atoms with van der Waals surface area (Å²) in [5, 5.41) is 11.4. The fourth-order valence-electron chi connectivity index (χ4n) is 2.53. The van der Waals surface area contributed by atoms with Crippen LogP contribution in [0.15, 0.2) is 29.2 Å². The summed E-state index contributed by atoms with van der Waals surface area (Å²) in [5.41, 5.74) is 0.435. The highest BCUT2D eigenvalue weighted by Crippen LogP contribution is 2.13. The molecule has 24 heavy (non-hydrogen) atoms. The van der Waals surface area contributed by atoms with E-state index in [-0.39, 0.29) is 29.8 Å². The molecule has 2 rings (SSSR count). The van der Waals surface area contributed by atoms with E-state index in [4.69, 9.17) is 5.26 Å². The van der Waals surface area contributed by atoms with Gasteiger partial charge in [-0.2, -0.15) is 5.26 Å². The van der Waals surface area contributed by atoms with Gasteiger partial charge in [-0.15, -0.1) is 0 Å². The van der Waals surface area contributed by atoms with Gasteiger partial charge in [0, 0.05) is 24.6 Å². The minimum atomic E-state index is -3.65. The van der Waals surface area contributed by atoms with Gasteiger partial charge in [-0.1, -0.05) is 0 Å². The molecule has 0 aromatic heterocycles. The topological polar surface area (TPSA) is 102 Å². The molecule has 8 heteroatoms. The van der Waals surface area contributed by atoms with Crippen LogP contribution in [-0.4, -0.2) is 51.9 Å². The van der Waals surface area contributed by atoms with Crippen LogP contribution in [-0.2, 0) is 10.0 Å². The van der Waals surface area contributed by atoms with E-state index in [0.717, 1.165) is 25.9 Å². The molecule has 7 nitrogen and oxygen atoms in total. The van der Waals surface area contributed by atoms with E-state index in [2.05, 4.69) is 22.0 Å². The molecular formula is C16H22N4O3S. The molecule has 0 saturated carbocycles. The lowest BCUT2D eigenvalue weighted by Crippen LogP contribution is -2.43. The molecule has 1 aliphatic heterocycles. The number of rotatable bonds is 6. The highest BCUT2D eigenvalue weighted by molar-refractivity contribution is 7.89. The van der Waals surface area contributed by atoms with Crippen LogP contribution < -0.4 is 10.0 Å². The number of piperidine rings is 1. The van der Waals surface area contributed by atoms with E-state index in [1.54, 1.807) is 0 Å². The molecule has 0 bridgehead atoms. The number of nitrogens with zero attached hydrogens (tertiary/aromatic N) is 2. The predicted octanol–water partition coefficient (Wildman–Crippen LogP) is 0.703. The van der Waals surface area contributed by atoms with Crippen molar-refractivity contribution >= 4 is 15.9 Å². The summed E-state index contributed by atoms with van der Waals surface area (Å²) in [6.07, 6.45) is 1.94. The lowest BCUT2D eigenvalue weighted by Gasteiger charge is -2.29. The minimum Gasteiger partial charge on any atom is -0.349 e. The van der Waals surface area contributed by atoms with Crippen LogP contribution >= 0.6 is 0 Å². The molecule has 0 spiro atoms. The molecule has 1 aromatic rings. The van der Waals surface area contributed by atoms with Crippen LogP contribution in [0.4, 0.5) is 0 Å². The van der Waals surface area contributed by atoms with Crippen molar-refractivity contribution in [2.24, 2.45) is 0 Å². The first-order chi connectivity index (χ1) is 11.4. The van der Waals surface area contributed by atoms with Crippen molar-refractivity contribution in [1.29, 1.82) is 5.26 Å². The second kappa shape index (κ2) is 8.24. The predicted molar refractivity (Wildman–Crippen MR) is 89.8 cm³/mol. The van der Waals surface area contributed by atoms with Crippen LogP contribution in [0.2, 0.25) is 0 Å². The van der Waals surface area contributed by atoms with E-state index in [1.165, 1.54) is 24.3 Å². The molecule has 2 N–H and O–H groups in total. The third-order valence-corrected chi connectivity index (χ3v) is 5.49. The number of likely N-dealkylation sites (tertiary alicyclic amines) is 1. The Morgan fingerprint density at radius 3 is 2.50 bits per heavy atom. The summed E-state index contributed by atoms with van der Waals surface area (Å²) in [5.74, 6) is -0.189. The Hall–Kier alpha value is -1.95. The smallest absolute Gasteiger partial charge is 0.251 e. The Morgan fingerprint density at radius 1 is 1.29 bits per heavy atom. The summed E-state index contributed by atoms with van der Waals surface area (Å²) in [6.45, 7) is 1.98. The van der Waals surface area contributed by atoms with Crippen molar-refractivity contribution in [3.8, 4) is 6.07 Å². The number of hydrogen-bond donors (Lipinski definition) is 2. The lowest BCUT2D eigenvalue weighted by atomic mass is 10.0. The third-order valence-electron chi connectivity index (χ3n) is 4.01. The molecule has 1 aromatic carbocycles. The fraction of sp³-hybridized carbons (Fsp3) is 0.500. The summed E-state index contributed by atoms with van der Waals surface area (Å²) < 4.78 is 26.4. The monoisotopic (exact) mass is 350 g/mol. The molecular weight excluding hydrogens is 328 g/mol. The first-order valence-electron chi connectivity index (χ1n) is 7.88. The van der Waals surface area contributed by atoms with Gasteiger partial charge < -0.3 is 10.2 Å². The van der Waals surface area contributed by atoms with Gasteiger partial charge in [0.2, 0.25) is 10.0 Å². The zero-order valence-corrected chi connectivity index (χ0v) is 14.5. The van der Waals surface area contributed by atoms with Crippen LogP contribution in [0.25, 0.3) is 0 Å². The van der Waals surface area contributed by atoms with Gasteiger partial charge in [-0.05, 0) is 57.2 Å². The summed E-state index contributed by atoms with van der Waals surface area (Å²) >= 11 is 0. The summed E-state index contributed by atoms with van der Waals surface area (Å²) in [7, 11) is -1.59. The Kier molecular flexibility index (Phi) is 6.31. The molecule has 1 aliphatic rings. The normalized spacial score (nSPS) is 16.5. The van der Waals surface area contributed by atoms with Crippen LogP contribution in [0, 0.1) is 11.3 Å². The van der Waals surface area contributed by atoms with Gasteiger partial charge in [0.1, 0.15) is 0 Å². The number of sulfonamides is 1. The molecule has 1 amide bonds. The molecule has 1 saturated heterocycles. The Bertz CT molecular complexity index is 702. The Balaban J connectivity index is 1.96. The summed E-state index contributed by atoms with van der Waals surface area (Å²) in [6, 6.07) is 7.84. The SMILES string of the molecule is CN1CCC(NC(=O)c2ccc(S(=O)(=O)NCCC#N)cc2)CC1. The average molecular weight is 350 g/mol. The number of nitriles is 1. The number of hydrogen-bond acceptors (Lipinski definition) is 5. The van der Waals surface area contributed by atoms with Gasteiger partial charge in [-0.3, -0.25) is 4.79 Å². The first-order valence-corrected chi connectivity index (χ1v) is 9.37. The van der Waals surface area contributed by atoms with Gasteiger partial charge in [0.15, 0.2) is 0 Å². The van der Waals surface area contributed by atoms with Crippen molar-refractivity contribution in [1.82, 2.24) is 14.9 Å². The number of nitrogens with one attached hydrogen (secondary N) is 2. The maximum absolute atomic E-state index is 12.2. The molecule has 1 heterocycles. The number of benzene rings is 1. The molecule has 130 valence electrons. The standard InChI is InChI=1S/C16H22N4O3S/c1-20-11-7-14(8-12-20)19-16(21)13-3-5-15(6-4-13)24(22,23)18-10-2-9-17/h3-6,14,18H,2,7-8,10-12H2,1H3,(H,19,21). The maximum Gasteiger partial charge on any atom is 0.251 e. The van der Waals surface area contributed by atoms with Gasteiger partial charge in [0.25, 0.3) is 5.91 Å². The second-order valence-corrected chi connectivity index (χ2v) is 7.65. The number of carbonyl (C=O) groups is 1. The quantitative estimate of drug-likeness (QED) is 0.736.